The molecule has 0 saturated carbocycles. The fourth-order valence-electron chi connectivity index (χ4n) is 4.46. The van der Waals surface area contributed by atoms with E-state index in [1.54, 1.807) is 6.07 Å². The van der Waals surface area contributed by atoms with Crippen LogP contribution < -0.4 is 11.1 Å². The molecule has 2 heterocycles. The number of nitrogens with zero attached hydrogens (tertiary/aromatic N) is 3. The minimum absolute atomic E-state index is 0.0239. The first-order valence-electron chi connectivity index (χ1n) is 12.6. The highest BCUT2D eigenvalue weighted by atomic mass is 127. The number of aliphatic hydroxyl groups excluding tert-OH is 1. The quantitative estimate of drug-likeness (QED) is 0.123. The average molecular weight is 612 g/mol. The standard InChI is InChI=1S/C26H38IN5O4/c1-3-4-21(14-33)30-25-22(17(2)29-26(28)31-25)13-20-6-5-19(11-23(20)34)12-24(35)36-15-18-7-9-32(16-27)10-8-18/h5-6,11,18,21,33-34H,3-4,7-10,12-16H2,1-2H3,(H3,28,29,30,31). The summed E-state index contributed by atoms with van der Waals surface area (Å²) < 4.78 is 6.57. The van der Waals surface area contributed by atoms with Crippen LogP contribution in [0.25, 0.3) is 0 Å². The SMILES string of the molecule is CCCC(CO)Nc1nc(N)nc(C)c1Cc1ccc(CC(=O)OCC2CCN(CI)CC2)cc1O. The number of anilines is 2. The number of hydrogen-bond acceptors (Lipinski definition) is 9. The number of carbonyl (C=O) groups is 1. The molecular weight excluding hydrogens is 573 g/mol. The number of piperidine rings is 1. The Morgan fingerprint density at radius 2 is 2.08 bits per heavy atom. The average Bonchev–Trinajstić information content (AvgIpc) is 2.86. The number of aromatic nitrogens is 2. The van der Waals surface area contributed by atoms with Gasteiger partial charge in [-0.2, -0.15) is 4.98 Å². The van der Waals surface area contributed by atoms with Crippen LogP contribution in [-0.2, 0) is 22.4 Å². The number of aromatic hydroxyl groups is 1. The Balaban J connectivity index is 1.62. The van der Waals surface area contributed by atoms with E-state index in [-0.39, 0.29) is 36.7 Å². The maximum absolute atomic E-state index is 12.4. The van der Waals surface area contributed by atoms with Gasteiger partial charge in [-0.15, -0.1) is 0 Å². The third-order valence-electron chi connectivity index (χ3n) is 6.65. The lowest BCUT2D eigenvalue weighted by atomic mass is 9.98. The predicted molar refractivity (Wildman–Crippen MR) is 149 cm³/mol. The highest BCUT2D eigenvalue weighted by Gasteiger charge is 2.20. The summed E-state index contributed by atoms with van der Waals surface area (Å²) in [4.78, 5) is 23.4. The van der Waals surface area contributed by atoms with Gasteiger partial charge >= 0.3 is 5.97 Å². The van der Waals surface area contributed by atoms with Crippen molar-refractivity contribution < 1.29 is 19.7 Å². The van der Waals surface area contributed by atoms with Gasteiger partial charge in [0, 0.05) is 17.7 Å². The number of phenolic OH excluding ortho intramolecular Hbond substituents is 1. The predicted octanol–water partition coefficient (Wildman–Crippen LogP) is 3.43. The van der Waals surface area contributed by atoms with Gasteiger partial charge in [0.15, 0.2) is 0 Å². The van der Waals surface area contributed by atoms with Crippen molar-refractivity contribution in [1.82, 2.24) is 14.9 Å². The highest BCUT2D eigenvalue weighted by Crippen LogP contribution is 2.28. The summed E-state index contributed by atoms with van der Waals surface area (Å²) >= 11 is 2.38. The van der Waals surface area contributed by atoms with Crippen molar-refractivity contribution in [3.63, 3.8) is 0 Å². The van der Waals surface area contributed by atoms with Crippen LogP contribution in [0.5, 0.6) is 5.75 Å². The number of esters is 1. The first-order valence-corrected chi connectivity index (χ1v) is 14.1. The Hall–Kier alpha value is -2.18. The molecule has 36 heavy (non-hydrogen) atoms. The second kappa shape index (κ2) is 13.9. The molecule has 3 rings (SSSR count). The summed E-state index contributed by atoms with van der Waals surface area (Å²) in [7, 11) is 0. The Morgan fingerprint density at radius 1 is 1.33 bits per heavy atom. The smallest absolute Gasteiger partial charge is 0.310 e. The highest BCUT2D eigenvalue weighted by molar-refractivity contribution is 14.1. The third kappa shape index (κ3) is 8.17. The molecule has 0 aliphatic carbocycles. The molecule has 1 saturated heterocycles. The summed E-state index contributed by atoms with van der Waals surface area (Å²) in [5.41, 5.74) is 8.76. The van der Waals surface area contributed by atoms with E-state index >= 15 is 0 Å². The number of nitrogens with one attached hydrogen (secondary N) is 1. The zero-order chi connectivity index (χ0) is 26.1. The van der Waals surface area contributed by atoms with Crippen LogP contribution in [0, 0.1) is 12.8 Å². The molecule has 0 bridgehead atoms. The van der Waals surface area contributed by atoms with E-state index in [1.807, 2.05) is 19.1 Å². The number of nitrogen functional groups attached to an aromatic ring is 1. The molecular formula is C26H38IN5O4. The van der Waals surface area contributed by atoms with E-state index < -0.39 is 0 Å². The van der Waals surface area contributed by atoms with Crippen LogP contribution in [0.1, 0.15) is 55.0 Å². The largest absolute Gasteiger partial charge is 0.508 e. The van der Waals surface area contributed by atoms with E-state index in [1.165, 1.54) is 0 Å². The molecule has 1 unspecified atom stereocenters. The van der Waals surface area contributed by atoms with E-state index in [9.17, 15) is 15.0 Å². The molecule has 2 aromatic rings. The third-order valence-corrected chi connectivity index (χ3v) is 7.62. The first-order chi connectivity index (χ1) is 17.3. The van der Waals surface area contributed by atoms with E-state index in [2.05, 4.69) is 49.7 Å². The zero-order valence-corrected chi connectivity index (χ0v) is 23.3. The van der Waals surface area contributed by atoms with Crippen molar-refractivity contribution in [3.05, 3.63) is 40.6 Å². The number of hydrogen-bond donors (Lipinski definition) is 4. The molecule has 198 valence electrons. The number of phenols is 1. The molecule has 0 amide bonds. The molecule has 1 aliphatic heterocycles. The second-order valence-corrected chi connectivity index (χ2v) is 10.2. The van der Waals surface area contributed by atoms with Crippen molar-refractivity contribution in [2.24, 2.45) is 5.92 Å². The van der Waals surface area contributed by atoms with E-state index in [0.717, 1.165) is 48.9 Å². The van der Waals surface area contributed by atoms with Crippen LogP contribution >= 0.6 is 22.6 Å². The van der Waals surface area contributed by atoms with Crippen molar-refractivity contribution >= 4 is 40.3 Å². The molecule has 1 aliphatic rings. The molecule has 0 spiro atoms. The number of carbonyl (C=O) groups excluding carboxylic acids is 1. The van der Waals surface area contributed by atoms with Crippen LogP contribution in [0.3, 0.4) is 0 Å². The van der Waals surface area contributed by atoms with Gasteiger partial charge in [-0.1, -0.05) is 48.1 Å². The molecule has 1 aromatic heterocycles. The topological polar surface area (TPSA) is 134 Å². The van der Waals surface area contributed by atoms with Gasteiger partial charge in [-0.25, -0.2) is 4.98 Å². The number of aliphatic hydroxyl groups is 1. The van der Waals surface area contributed by atoms with Crippen LogP contribution in [0.4, 0.5) is 11.8 Å². The van der Waals surface area contributed by atoms with Crippen molar-refractivity contribution in [1.29, 1.82) is 0 Å². The minimum atomic E-state index is -0.279. The first kappa shape index (κ1) is 28.4. The number of aryl methyl sites for hydroxylation is 1. The van der Waals surface area contributed by atoms with Crippen LogP contribution in [0.15, 0.2) is 18.2 Å². The second-order valence-electron chi connectivity index (χ2n) is 9.49. The molecule has 5 N–H and O–H groups in total. The molecule has 0 radical (unpaired) electrons. The Kier molecular flexibility index (Phi) is 11.0. The number of alkyl halides is 1. The van der Waals surface area contributed by atoms with Crippen molar-refractivity contribution in [3.8, 4) is 5.75 Å². The summed E-state index contributed by atoms with van der Waals surface area (Å²) in [6, 6.07) is 5.11. The number of benzene rings is 1. The summed E-state index contributed by atoms with van der Waals surface area (Å²) in [6.07, 6.45) is 4.29. The van der Waals surface area contributed by atoms with Gasteiger partial charge in [0.2, 0.25) is 5.95 Å². The normalized spacial score (nSPS) is 15.6. The summed E-state index contributed by atoms with van der Waals surface area (Å²) in [5.74, 6) is 0.948. The lowest BCUT2D eigenvalue weighted by Gasteiger charge is -2.30. The van der Waals surface area contributed by atoms with Crippen LogP contribution in [0.2, 0.25) is 0 Å². The molecule has 10 heteroatoms. The molecule has 1 aromatic carbocycles. The maximum Gasteiger partial charge on any atom is 0.310 e. The fourth-order valence-corrected chi connectivity index (χ4v) is 5.14. The fraction of sp³-hybridized carbons (Fsp3) is 0.577. The van der Waals surface area contributed by atoms with Gasteiger partial charge in [0.1, 0.15) is 11.6 Å². The van der Waals surface area contributed by atoms with Gasteiger partial charge in [-0.3, -0.25) is 9.69 Å². The van der Waals surface area contributed by atoms with Crippen molar-refractivity contribution in [2.75, 3.05) is 41.9 Å². The number of rotatable bonds is 12. The van der Waals surface area contributed by atoms with E-state index in [4.69, 9.17) is 10.5 Å². The molecule has 9 nitrogen and oxygen atoms in total. The number of likely N-dealkylation sites (tertiary alicyclic amines) is 1. The van der Waals surface area contributed by atoms with E-state index in [0.29, 0.717) is 41.6 Å². The zero-order valence-electron chi connectivity index (χ0n) is 21.2. The number of halogens is 1. The van der Waals surface area contributed by atoms with Crippen molar-refractivity contribution in [2.45, 2.75) is 58.4 Å². The molecule has 1 fully saturated rings. The summed E-state index contributed by atoms with van der Waals surface area (Å²) in [5, 5.41) is 23.7. The number of nitrogens with two attached hydrogens (primary N) is 1. The van der Waals surface area contributed by atoms with Crippen LogP contribution in [-0.4, -0.2) is 67.9 Å². The van der Waals surface area contributed by atoms with Gasteiger partial charge < -0.3 is 26.0 Å². The van der Waals surface area contributed by atoms with Gasteiger partial charge in [0.25, 0.3) is 0 Å². The molecule has 1 atom stereocenters. The Labute approximate surface area is 227 Å². The minimum Gasteiger partial charge on any atom is -0.508 e. The lowest BCUT2D eigenvalue weighted by Crippen LogP contribution is -2.34. The monoisotopic (exact) mass is 611 g/mol. The van der Waals surface area contributed by atoms with Gasteiger partial charge in [-0.05, 0) is 62.4 Å². The lowest BCUT2D eigenvalue weighted by molar-refractivity contribution is -0.144. The summed E-state index contributed by atoms with van der Waals surface area (Å²) in [6.45, 7) is 6.43. The van der Waals surface area contributed by atoms with Gasteiger partial charge in [0.05, 0.1) is 30.2 Å². The Morgan fingerprint density at radius 3 is 2.72 bits per heavy atom. The number of ether oxygens (including phenoxy) is 1. The maximum atomic E-state index is 12.4. The Bertz CT molecular complexity index is 1010.